The van der Waals surface area contributed by atoms with Crippen LogP contribution in [0.3, 0.4) is 0 Å². The van der Waals surface area contributed by atoms with Gasteiger partial charge in [0.1, 0.15) is 10.6 Å². The van der Waals surface area contributed by atoms with E-state index in [0.717, 1.165) is 42.6 Å². The fourth-order valence-electron chi connectivity index (χ4n) is 3.28. The maximum Gasteiger partial charge on any atom is 0.268 e. The monoisotopic (exact) mass is 408 g/mol. The SMILES string of the molecule is COc1cccc(NC(=O)c2sc(N3CCN(C)CC3)nc2-c2ccccc2)c1. The number of anilines is 2. The molecule has 2 heterocycles. The van der Waals surface area contributed by atoms with Gasteiger partial charge in [-0.3, -0.25) is 4.79 Å². The molecule has 0 spiro atoms. The number of rotatable bonds is 5. The van der Waals surface area contributed by atoms with Gasteiger partial charge in [-0.25, -0.2) is 4.98 Å². The van der Waals surface area contributed by atoms with Gasteiger partial charge < -0.3 is 19.9 Å². The Labute approximate surface area is 174 Å². The van der Waals surface area contributed by atoms with Crippen LogP contribution in [0.1, 0.15) is 9.67 Å². The number of amides is 1. The quantitative estimate of drug-likeness (QED) is 0.696. The number of nitrogens with one attached hydrogen (secondary N) is 1. The van der Waals surface area contributed by atoms with Crippen molar-refractivity contribution in [2.45, 2.75) is 0 Å². The van der Waals surface area contributed by atoms with Crippen LogP contribution in [0.25, 0.3) is 11.3 Å². The molecular weight excluding hydrogens is 384 g/mol. The van der Waals surface area contributed by atoms with Gasteiger partial charge in [0.15, 0.2) is 5.13 Å². The van der Waals surface area contributed by atoms with Gasteiger partial charge in [0.2, 0.25) is 0 Å². The number of likely N-dealkylation sites (N-methyl/N-ethyl adjacent to an activating group) is 1. The molecule has 1 aliphatic heterocycles. The van der Waals surface area contributed by atoms with Gasteiger partial charge >= 0.3 is 0 Å². The first-order valence-electron chi connectivity index (χ1n) is 9.59. The van der Waals surface area contributed by atoms with Crippen molar-refractivity contribution in [3.8, 4) is 17.0 Å². The highest BCUT2D eigenvalue weighted by Gasteiger charge is 2.24. The smallest absolute Gasteiger partial charge is 0.268 e. The minimum Gasteiger partial charge on any atom is -0.497 e. The summed E-state index contributed by atoms with van der Waals surface area (Å²) in [6.07, 6.45) is 0. The summed E-state index contributed by atoms with van der Waals surface area (Å²) in [5.41, 5.74) is 2.37. The van der Waals surface area contributed by atoms with Crippen molar-refractivity contribution in [1.82, 2.24) is 9.88 Å². The van der Waals surface area contributed by atoms with Crippen molar-refractivity contribution >= 4 is 28.1 Å². The number of ether oxygens (including phenoxy) is 1. The third kappa shape index (κ3) is 4.41. The summed E-state index contributed by atoms with van der Waals surface area (Å²) in [6, 6.07) is 17.2. The summed E-state index contributed by atoms with van der Waals surface area (Å²) in [5, 5.41) is 3.89. The van der Waals surface area contributed by atoms with Crippen LogP contribution in [0.2, 0.25) is 0 Å². The summed E-state index contributed by atoms with van der Waals surface area (Å²) >= 11 is 1.45. The molecular formula is C22H24N4O2S. The van der Waals surface area contributed by atoms with E-state index in [-0.39, 0.29) is 5.91 Å². The van der Waals surface area contributed by atoms with Gasteiger partial charge in [-0.05, 0) is 19.2 Å². The Morgan fingerprint density at radius 3 is 2.55 bits per heavy atom. The number of aromatic nitrogens is 1. The minimum atomic E-state index is -0.157. The number of benzene rings is 2. The predicted octanol–water partition coefficient (Wildman–Crippen LogP) is 3.82. The zero-order valence-corrected chi connectivity index (χ0v) is 17.4. The second-order valence-electron chi connectivity index (χ2n) is 7.02. The molecule has 0 aliphatic carbocycles. The van der Waals surface area contributed by atoms with Crippen molar-refractivity contribution in [3.63, 3.8) is 0 Å². The van der Waals surface area contributed by atoms with Gasteiger partial charge in [0.25, 0.3) is 5.91 Å². The van der Waals surface area contributed by atoms with E-state index in [1.54, 1.807) is 7.11 Å². The van der Waals surface area contributed by atoms with Crippen molar-refractivity contribution < 1.29 is 9.53 Å². The summed E-state index contributed by atoms with van der Waals surface area (Å²) in [4.78, 5) is 23.2. The maximum absolute atomic E-state index is 13.1. The molecule has 150 valence electrons. The first-order chi connectivity index (χ1) is 14.1. The fourth-order valence-corrected chi connectivity index (χ4v) is 4.31. The van der Waals surface area contributed by atoms with Crippen LogP contribution in [-0.2, 0) is 0 Å². The van der Waals surface area contributed by atoms with Crippen LogP contribution < -0.4 is 15.0 Å². The van der Waals surface area contributed by atoms with E-state index in [2.05, 4.69) is 22.2 Å². The van der Waals surface area contributed by atoms with Crippen LogP contribution in [0.5, 0.6) is 5.75 Å². The second-order valence-corrected chi connectivity index (χ2v) is 7.99. The molecule has 0 saturated carbocycles. The summed E-state index contributed by atoms with van der Waals surface area (Å²) in [5.74, 6) is 0.545. The number of piperazine rings is 1. The standard InChI is InChI=1S/C22H24N4O2S/c1-25-11-13-26(14-12-25)22-24-19(16-7-4-3-5-8-16)20(29-22)21(27)23-17-9-6-10-18(15-17)28-2/h3-10,15H,11-14H2,1-2H3,(H,23,27). The van der Waals surface area contributed by atoms with Crippen molar-refractivity contribution in [2.24, 2.45) is 0 Å². The van der Waals surface area contributed by atoms with Crippen LogP contribution in [0.15, 0.2) is 54.6 Å². The lowest BCUT2D eigenvalue weighted by Crippen LogP contribution is -2.44. The number of hydrogen-bond acceptors (Lipinski definition) is 6. The molecule has 2 aromatic carbocycles. The molecule has 29 heavy (non-hydrogen) atoms. The van der Waals surface area contributed by atoms with E-state index in [1.165, 1.54) is 11.3 Å². The Morgan fingerprint density at radius 2 is 1.83 bits per heavy atom. The number of carbonyl (C=O) groups excluding carboxylic acids is 1. The van der Waals surface area contributed by atoms with Gasteiger partial charge in [0.05, 0.1) is 12.8 Å². The normalized spacial score (nSPS) is 14.6. The highest BCUT2D eigenvalue weighted by molar-refractivity contribution is 7.18. The molecule has 4 rings (SSSR count). The third-order valence-corrected chi connectivity index (χ3v) is 6.09. The van der Waals surface area contributed by atoms with E-state index >= 15 is 0 Å². The summed E-state index contributed by atoms with van der Waals surface area (Å²) < 4.78 is 5.26. The Hall–Kier alpha value is -2.90. The molecule has 0 atom stereocenters. The number of methoxy groups -OCH3 is 1. The van der Waals surface area contributed by atoms with Gasteiger partial charge in [0, 0.05) is 43.5 Å². The molecule has 7 heteroatoms. The van der Waals surface area contributed by atoms with Crippen LogP contribution in [0.4, 0.5) is 10.8 Å². The van der Waals surface area contributed by atoms with E-state index in [1.807, 2.05) is 54.6 Å². The first kappa shape index (κ1) is 19.4. The topological polar surface area (TPSA) is 57.7 Å². The Morgan fingerprint density at radius 1 is 1.07 bits per heavy atom. The zero-order chi connectivity index (χ0) is 20.2. The molecule has 1 N–H and O–H groups in total. The average molecular weight is 409 g/mol. The van der Waals surface area contributed by atoms with Crippen LogP contribution in [-0.4, -0.2) is 56.1 Å². The number of hydrogen-bond donors (Lipinski definition) is 1. The van der Waals surface area contributed by atoms with Crippen LogP contribution >= 0.6 is 11.3 Å². The van der Waals surface area contributed by atoms with Crippen molar-refractivity contribution in [1.29, 1.82) is 0 Å². The largest absolute Gasteiger partial charge is 0.497 e. The molecule has 1 amide bonds. The van der Waals surface area contributed by atoms with E-state index in [9.17, 15) is 4.79 Å². The Bertz CT molecular complexity index is 981. The number of thiazole rings is 1. The highest BCUT2D eigenvalue weighted by Crippen LogP contribution is 2.34. The van der Waals surface area contributed by atoms with Gasteiger partial charge in [-0.1, -0.05) is 47.7 Å². The molecule has 0 bridgehead atoms. The molecule has 1 saturated heterocycles. The van der Waals surface area contributed by atoms with E-state index in [0.29, 0.717) is 16.3 Å². The van der Waals surface area contributed by atoms with Crippen molar-refractivity contribution in [2.75, 3.05) is 50.6 Å². The fraction of sp³-hybridized carbons (Fsp3) is 0.273. The molecule has 1 fully saturated rings. The minimum absolute atomic E-state index is 0.157. The lowest BCUT2D eigenvalue weighted by atomic mass is 10.1. The van der Waals surface area contributed by atoms with Crippen molar-refractivity contribution in [3.05, 3.63) is 59.5 Å². The average Bonchev–Trinajstić information content (AvgIpc) is 3.21. The second kappa shape index (κ2) is 8.63. The Balaban J connectivity index is 1.65. The van der Waals surface area contributed by atoms with Crippen LogP contribution in [0, 0.1) is 0 Å². The maximum atomic E-state index is 13.1. The zero-order valence-electron chi connectivity index (χ0n) is 16.6. The summed E-state index contributed by atoms with van der Waals surface area (Å²) in [7, 11) is 3.74. The molecule has 3 aromatic rings. The highest BCUT2D eigenvalue weighted by atomic mass is 32.1. The molecule has 6 nitrogen and oxygen atoms in total. The predicted molar refractivity (Wildman–Crippen MR) is 118 cm³/mol. The van der Waals surface area contributed by atoms with Gasteiger partial charge in [-0.15, -0.1) is 0 Å². The third-order valence-electron chi connectivity index (χ3n) is 4.97. The van der Waals surface area contributed by atoms with Gasteiger partial charge in [-0.2, -0.15) is 0 Å². The lowest BCUT2D eigenvalue weighted by Gasteiger charge is -2.32. The molecule has 0 radical (unpaired) electrons. The molecule has 1 aliphatic rings. The molecule has 1 aromatic heterocycles. The lowest BCUT2D eigenvalue weighted by molar-refractivity contribution is 0.103. The Kier molecular flexibility index (Phi) is 5.78. The molecule has 0 unspecified atom stereocenters. The summed E-state index contributed by atoms with van der Waals surface area (Å²) in [6.45, 7) is 3.81. The number of carbonyl (C=O) groups is 1. The van der Waals surface area contributed by atoms with E-state index in [4.69, 9.17) is 9.72 Å². The van der Waals surface area contributed by atoms with E-state index < -0.39 is 0 Å². The number of nitrogens with zero attached hydrogens (tertiary/aromatic N) is 3. The first-order valence-corrected chi connectivity index (χ1v) is 10.4.